The largest absolute Gasteiger partial charge is 0.481 e. The number of rotatable bonds is 5. The summed E-state index contributed by atoms with van der Waals surface area (Å²) < 4.78 is 5.14. The molecule has 0 saturated heterocycles. The number of hydrogen-bond donors (Lipinski definition) is 2. The molecule has 1 aromatic rings. The van der Waals surface area contributed by atoms with Gasteiger partial charge in [-0.1, -0.05) is 0 Å². The van der Waals surface area contributed by atoms with Crippen molar-refractivity contribution in [1.29, 1.82) is 0 Å². The molecule has 0 aliphatic carbocycles. The van der Waals surface area contributed by atoms with Gasteiger partial charge in [-0.3, -0.25) is 9.59 Å². The molecule has 5 heteroatoms. The summed E-state index contributed by atoms with van der Waals surface area (Å²) in [5.41, 5.74) is -1.06. The van der Waals surface area contributed by atoms with Crippen LogP contribution in [0.2, 0.25) is 0 Å². The van der Waals surface area contributed by atoms with Crippen LogP contribution in [0.3, 0.4) is 0 Å². The molecule has 0 bridgehead atoms. The summed E-state index contributed by atoms with van der Waals surface area (Å²) in [6, 6.07) is 3.23. The number of carboxylic acids is 1. The molecule has 1 heterocycles. The lowest BCUT2D eigenvalue weighted by Gasteiger charge is -2.19. The zero-order valence-corrected chi connectivity index (χ0v) is 10.2. The maximum Gasteiger partial charge on any atom is 0.309 e. The van der Waals surface area contributed by atoms with E-state index in [1.807, 2.05) is 0 Å². The standard InChI is InChI=1S/C12H17NO4/c1-8(9-5-4-6-17-9)13-10(14)7-12(2,3)11(15)16/h4-6,8H,7H2,1-3H3,(H,13,14)(H,15,16)/t8-/m0/s1. The molecule has 1 atom stereocenters. The topological polar surface area (TPSA) is 79.5 Å². The van der Waals surface area contributed by atoms with Gasteiger partial charge in [0.15, 0.2) is 0 Å². The monoisotopic (exact) mass is 239 g/mol. The highest BCUT2D eigenvalue weighted by Crippen LogP contribution is 2.21. The molecule has 0 fully saturated rings. The first-order valence-corrected chi connectivity index (χ1v) is 5.39. The van der Waals surface area contributed by atoms with E-state index in [-0.39, 0.29) is 18.4 Å². The fraction of sp³-hybridized carbons (Fsp3) is 0.500. The van der Waals surface area contributed by atoms with Crippen LogP contribution in [0.25, 0.3) is 0 Å². The van der Waals surface area contributed by atoms with Gasteiger partial charge in [0.1, 0.15) is 5.76 Å². The van der Waals surface area contributed by atoms with Gasteiger partial charge in [-0.2, -0.15) is 0 Å². The molecule has 1 amide bonds. The lowest BCUT2D eigenvalue weighted by Crippen LogP contribution is -2.34. The van der Waals surface area contributed by atoms with Crippen LogP contribution in [0.4, 0.5) is 0 Å². The SMILES string of the molecule is C[C@H](NC(=O)CC(C)(C)C(=O)O)c1ccco1. The van der Waals surface area contributed by atoms with E-state index in [1.54, 1.807) is 19.1 Å². The summed E-state index contributed by atoms with van der Waals surface area (Å²) in [7, 11) is 0. The van der Waals surface area contributed by atoms with Crippen LogP contribution in [-0.2, 0) is 9.59 Å². The van der Waals surface area contributed by atoms with Crippen LogP contribution >= 0.6 is 0 Å². The van der Waals surface area contributed by atoms with Crippen molar-refractivity contribution in [2.45, 2.75) is 33.2 Å². The van der Waals surface area contributed by atoms with E-state index in [0.29, 0.717) is 5.76 Å². The average Bonchev–Trinajstić information content (AvgIpc) is 2.68. The summed E-state index contributed by atoms with van der Waals surface area (Å²) in [5, 5.41) is 11.6. The fourth-order valence-electron chi connectivity index (χ4n) is 1.38. The number of carbonyl (C=O) groups is 2. The molecule has 5 nitrogen and oxygen atoms in total. The number of aliphatic carboxylic acids is 1. The maximum atomic E-state index is 11.7. The van der Waals surface area contributed by atoms with Crippen LogP contribution in [-0.4, -0.2) is 17.0 Å². The minimum atomic E-state index is -1.06. The van der Waals surface area contributed by atoms with Crippen molar-refractivity contribution >= 4 is 11.9 Å². The summed E-state index contributed by atoms with van der Waals surface area (Å²) in [4.78, 5) is 22.5. The minimum absolute atomic E-state index is 0.0621. The molecule has 0 aliphatic rings. The number of nitrogens with one attached hydrogen (secondary N) is 1. The Bertz CT molecular complexity index is 395. The highest BCUT2D eigenvalue weighted by Gasteiger charge is 2.30. The quantitative estimate of drug-likeness (QED) is 0.823. The Labute approximate surface area is 99.8 Å². The lowest BCUT2D eigenvalue weighted by atomic mass is 9.89. The Morgan fingerprint density at radius 2 is 2.18 bits per heavy atom. The Morgan fingerprint density at radius 1 is 1.53 bits per heavy atom. The molecule has 0 spiro atoms. The fourth-order valence-corrected chi connectivity index (χ4v) is 1.38. The van der Waals surface area contributed by atoms with Gasteiger partial charge < -0.3 is 14.8 Å². The van der Waals surface area contributed by atoms with E-state index < -0.39 is 11.4 Å². The average molecular weight is 239 g/mol. The van der Waals surface area contributed by atoms with Crippen molar-refractivity contribution in [2.24, 2.45) is 5.41 Å². The Balaban J connectivity index is 2.53. The van der Waals surface area contributed by atoms with Crippen molar-refractivity contribution in [1.82, 2.24) is 5.32 Å². The molecular weight excluding hydrogens is 222 g/mol. The lowest BCUT2D eigenvalue weighted by molar-refractivity contribution is -0.149. The van der Waals surface area contributed by atoms with Crippen LogP contribution < -0.4 is 5.32 Å². The zero-order chi connectivity index (χ0) is 13.1. The second-order valence-corrected chi connectivity index (χ2v) is 4.67. The third-order valence-electron chi connectivity index (χ3n) is 2.53. The van der Waals surface area contributed by atoms with Gasteiger partial charge in [0.05, 0.1) is 17.7 Å². The molecule has 0 unspecified atom stereocenters. The molecule has 2 N–H and O–H groups in total. The highest BCUT2D eigenvalue weighted by molar-refractivity contribution is 5.84. The van der Waals surface area contributed by atoms with Crippen molar-refractivity contribution in [3.63, 3.8) is 0 Å². The maximum absolute atomic E-state index is 11.7. The first-order valence-electron chi connectivity index (χ1n) is 5.39. The normalized spacial score (nSPS) is 13.1. The molecule has 1 rings (SSSR count). The number of furan rings is 1. The minimum Gasteiger partial charge on any atom is -0.481 e. The Hall–Kier alpha value is -1.78. The van der Waals surface area contributed by atoms with Gasteiger partial charge >= 0.3 is 5.97 Å². The first-order chi connectivity index (χ1) is 7.83. The summed E-state index contributed by atoms with van der Waals surface area (Å²) in [5.74, 6) is -0.647. The second kappa shape index (κ2) is 5.03. The van der Waals surface area contributed by atoms with Gasteiger partial charge in [0, 0.05) is 6.42 Å². The highest BCUT2D eigenvalue weighted by atomic mass is 16.4. The molecule has 17 heavy (non-hydrogen) atoms. The van der Waals surface area contributed by atoms with Crippen molar-refractivity contribution in [3.8, 4) is 0 Å². The van der Waals surface area contributed by atoms with Crippen molar-refractivity contribution in [3.05, 3.63) is 24.2 Å². The number of hydrogen-bond acceptors (Lipinski definition) is 3. The van der Waals surface area contributed by atoms with Crippen LogP contribution in [0.15, 0.2) is 22.8 Å². The van der Waals surface area contributed by atoms with Gasteiger partial charge in [-0.15, -0.1) is 0 Å². The van der Waals surface area contributed by atoms with E-state index in [4.69, 9.17) is 9.52 Å². The predicted octanol–water partition coefficient (Wildman–Crippen LogP) is 1.96. The van der Waals surface area contributed by atoms with Crippen LogP contribution in [0.1, 0.15) is 39.0 Å². The molecule has 0 saturated carbocycles. The zero-order valence-electron chi connectivity index (χ0n) is 10.2. The van der Waals surface area contributed by atoms with E-state index in [9.17, 15) is 9.59 Å². The molecule has 1 aromatic heterocycles. The van der Waals surface area contributed by atoms with Gasteiger partial charge in [-0.05, 0) is 32.9 Å². The summed E-state index contributed by atoms with van der Waals surface area (Å²) in [6.45, 7) is 4.82. The molecule has 0 aliphatic heterocycles. The van der Waals surface area contributed by atoms with Crippen LogP contribution in [0, 0.1) is 5.41 Å². The van der Waals surface area contributed by atoms with E-state index in [1.165, 1.54) is 20.1 Å². The van der Waals surface area contributed by atoms with E-state index >= 15 is 0 Å². The van der Waals surface area contributed by atoms with Crippen LogP contribution in [0.5, 0.6) is 0 Å². The van der Waals surface area contributed by atoms with E-state index in [2.05, 4.69) is 5.32 Å². The van der Waals surface area contributed by atoms with Gasteiger partial charge in [-0.25, -0.2) is 0 Å². The Kier molecular flexibility index (Phi) is 3.93. The van der Waals surface area contributed by atoms with Gasteiger partial charge in [0.2, 0.25) is 5.91 Å². The number of amides is 1. The molecular formula is C12H17NO4. The molecule has 94 valence electrons. The first kappa shape index (κ1) is 13.3. The smallest absolute Gasteiger partial charge is 0.309 e. The summed E-state index contributed by atoms with van der Waals surface area (Å²) in [6.07, 6.45) is 1.46. The number of carbonyl (C=O) groups excluding carboxylic acids is 1. The number of carboxylic acid groups (broad SMARTS) is 1. The van der Waals surface area contributed by atoms with E-state index in [0.717, 1.165) is 0 Å². The molecule has 0 radical (unpaired) electrons. The third kappa shape index (κ3) is 3.62. The molecule has 0 aromatic carbocycles. The predicted molar refractivity (Wildman–Crippen MR) is 61.3 cm³/mol. The Morgan fingerprint density at radius 3 is 2.65 bits per heavy atom. The second-order valence-electron chi connectivity index (χ2n) is 4.67. The summed E-state index contributed by atoms with van der Waals surface area (Å²) >= 11 is 0. The third-order valence-corrected chi connectivity index (χ3v) is 2.53. The van der Waals surface area contributed by atoms with Crippen molar-refractivity contribution < 1.29 is 19.1 Å². The van der Waals surface area contributed by atoms with Crippen molar-refractivity contribution in [2.75, 3.05) is 0 Å². The van der Waals surface area contributed by atoms with Gasteiger partial charge in [0.25, 0.3) is 0 Å².